The van der Waals surface area contributed by atoms with Crippen LogP contribution in [0, 0.1) is 0 Å². The Balaban J connectivity index is 2.01. The van der Waals surface area contributed by atoms with Crippen molar-refractivity contribution in [1.29, 1.82) is 0 Å². The molecule has 1 aromatic rings. The first kappa shape index (κ1) is 19.5. The maximum atomic E-state index is 12.5. The molecule has 0 saturated carbocycles. The van der Waals surface area contributed by atoms with Crippen LogP contribution in [-0.4, -0.2) is 42.0 Å². The van der Waals surface area contributed by atoms with E-state index in [0.717, 1.165) is 5.69 Å². The number of rotatable bonds is 4. The molecular weight excluding hydrogens is 344 g/mol. The normalized spacial score (nSPS) is 13.6. The van der Waals surface area contributed by atoms with E-state index in [0.29, 0.717) is 29.6 Å². The second-order valence-electron chi connectivity index (χ2n) is 7.91. The van der Waals surface area contributed by atoms with Gasteiger partial charge in [-0.25, -0.2) is 4.79 Å². The van der Waals surface area contributed by atoms with Gasteiger partial charge in [0, 0.05) is 30.8 Å². The number of nitrogens with one attached hydrogen (secondary N) is 1. The van der Waals surface area contributed by atoms with Gasteiger partial charge in [-0.2, -0.15) is 0 Å². The molecule has 1 aliphatic rings. The van der Waals surface area contributed by atoms with Crippen LogP contribution in [-0.2, 0) is 4.74 Å². The predicted octanol–water partition coefficient (Wildman–Crippen LogP) is 4.52. The van der Waals surface area contributed by atoms with Crippen LogP contribution in [0.2, 0.25) is 5.02 Å². The number of amides is 1. The lowest BCUT2D eigenvalue weighted by atomic mass is 10.1. The molecule has 25 heavy (non-hydrogen) atoms. The summed E-state index contributed by atoms with van der Waals surface area (Å²) in [4.78, 5) is 14.2. The second kappa shape index (κ2) is 7.20. The molecular formula is C18H27ClN2O4. The van der Waals surface area contributed by atoms with Gasteiger partial charge in [0.25, 0.3) is 0 Å². The summed E-state index contributed by atoms with van der Waals surface area (Å²) >= 11 is 6.26. The summed E-state index contributed by atoms with van der Waals surface area (Å²) in [7, 11) is 0. The molecule has 1 aromatic carbocycles. The Morgan fingerprint density at radius 2 is 1.80 bits per heavy atom. The van der Waals surface area contributed by atoms with Gasteiger partial charge >= 0.3 is 6.09 Å². The Morgan fingerprint density at radius 1 is 1.20 bits per heavy atom. The molecule has 2 rings (SSSR count). The van der Waals surface area contributed by atoms with E-state index in [1.54, 1.807) is 17.0 Å². The summed E-state index contributed by atoms with van der Waals surface area (Å²) in [6.45, 7) is 12.7. The molecule has 0 bridgehead atoms. The van der Waals surface area contributed by atoms with E-state index in [4.69, 9.17) is 25.8 Å². The number of nitrogens with zero attached hydrogens (tertiary/aromatic N) is 1. The van der Waals surface area contributed by atoms with Crippen molar-refractivity contribution in [2.24, 2.45) is 0 Å². The first-order chi connectivity index (χ1) is 11.5. The Kier molecular flexibility index (Phi) is 5.62. The molecule has 7 heteroatoms. The molecule has 0 spiro atoms. The average Bonchev–Trinajstić information content (AvgIpc) is 2.86. The minimum atomic E-state index is -0.533. The third-order valence-corrected chi connectivity index (χ3v) is 3.85. The SMILES string of the molecule is CC(C)(C)OC(=O)N(CCNc1cc2c(cc1Cl)OCO2)C(C)(C)C. The van der Waals surface area contributed by atoms with Crippen molar-refractivity contribution in [3.8, 4) is 11.5 Å². The predicted molar refractivity (Wildman–Crippen MR) is 98.8 cm³/mol. The highest BCUT2D eigenvalue weighted by atomic mass is 35.5. The summed E-state index contributed by atoms with van der Waals surface area (Å²) in [5.74, 6) is 1.30. The zero-order valence-corrected chi connectivity index (χ0v) is 16.5. The summed E-state index contributed by atoms with van der Waals surface area (Å²) in [5, 5.41) is 3.79. The first-order valence-corrected chi connectivity index (χ1v) is 8.69. The average molecular weight is 371 g/mol. The maximum absolute atomic E-state index is 12.5. The van der Waals surface area contributed by atoms with Gasteiger partial charge in [-0.05, 0) is 41.5 Å². The third kappa shape index (κ3) is 5.33. The van der Waals surface area contributed by atoms with Crippen LogP contribution in [0.15, 0.2) is 12.1 Å². The van der Waals surface area contributed by atoms with Crippen molar-refractivity contribution < 1.29 is 19.0 Å². The van der Waals surface area contributed by atoms with Gasteiger partial charge in [0.15, 0.2) is 11.5 Å². The van der Waals surface area contributed by atoms with Crippen molar-refractivity contribution >= 4 is 23.4 Å². The molecule has 0 aromatic heterocycles. The molecule has 1 aliphatic heterocycles. The lowest BCUT2D eigenvalue weighted by Crippen LogP contribution is -2.49. The third-order valence-electron chi connectivity index (χ3n) is 3.54. The molecule has 0 aliphatic carbocycles. The maximum Gasteiger partial charge on any atom is 0.410 e. The van der Waals surface area contributed by atoms with Crippen LogP contribution in [0.1, 0.15) is 41.5 Å². The zero-order valence-electron chi connectivity index (χ0n) is 15.7. The lowest BCUT2D eigenvalue weighted by Gasteiger charge is -2.37. The zero-order chi connectivity index (χ0) is 18.8. The number of fused-ring (bicyclic) bond motifs is 1. The van der Waals surface area contributed by atoms with E-state index in [2.05, 4.69) is 5.32 Å². The number of hydrogen-bond acceptors (Lipinski definition) is 5. The van der Waals surface area contributed by atoms with Gasteiger partial charge in [0.1, 0.15) is 5.60 Å². The van der Waals surface area contributed by atoms with E-state index < -0.39 is 5.60 Å². The molecule has 1 N–H and O–H groups in total. The number of benzene rings is 1. The van der Waals surface area contributed by atoms with Crippen molar-refractivity contribution in [1.82, 2.24) is 4.90 Å². The van der Waals surface area contributed by atoms with E-state index in [9.17, 15) is 4.79 Å². The van der Waals surface area contributed by atoms with Gasteiger partial charge in [0.2, 0.25) is 6.79 Å². The monoisotopic (exact) mass is 370 g/mol. The standard InChI is InChI=1S/C18H27ClN2O4/c1-17(2,3)21(16(22)25-18(4,5)6)8-7-20-13-10-15-14(9-12(13)19)23-11-24-15/h9-10,20H,7-8,11H2,1-6H3. The fraction of sp³-hybridized carbons (Fsp3) is 0.611. The molecule has 0 unspecified atom stereocenters. The van der Waals surface area contributed by atoms with Crippen LogP contribution in [0.3, 0.4) is 0 Å². The van der Waals surface area contributed by atoms with Gasteiger partial charge < -0.3 is 24.4 Å². The van der Waals surface area contributed by atoms with Crippen molar-refractivity contribution in [3.63, 3.8) is 0 Å². The highest BCUT2D eigenvalue weighted by Gasteiger charge is 2.30. The van der Waals surface area contributed by atoms with Crippen LogP contribution in [0.5, 0.6) is 11.5 Å². The van der Waals surface area contributed by atoms with E-state index in [1.807, 2.05) is 41.5 Å². The van der Waals surface area contributed by atoms with E-state index >= 15 is 0 Å². The molecule has 140 valence electrons. The van der Waals surface area contributed by atoms with Gasteiger partial charge in [0.05, 0.1) is 10.7 Å². The van der Waals surface area contributed by atoms with Gasteiger partial charge in [-0.3, -0.25) is 0 Å². The minimum Gasteiger partial charge on any atom is -0.454 e. The number of ether oxygens (including phenoxy) is 3. The first-order valence-electron chi connectivity index (χ1n) is 8.31. The Bertz CT molecular complexity index is 635. The molecule has 0 saturated heterocycles. The summed E-state index contributed by atoms with van der Waals surface area (Å²) in [6.07, 6.45) is -0.335. The highest BCUT2D eigenvalue weighted by Crippen LogP contribution is 2.39. The van der Waals surface area contributed by atoms with Gasteiger partial charge in [-0.1, -0.05) is 11.6 Å². The van der Waals surface area contributed by atoms with Crippen molar-refractivity contribution in [3.05, 3.63) is 17.2 Å². The minimum absolute atomic E-state index is 0.200. The fourth-order valence-electron chi connectivity index (χ4n) is 2.37. The molecule has 0 atom stereocenters. The Labute approximate surface area is 154 Å². The van der Waals surface area contributed by atoms with Crippen molar-refractivity contribution in [2.45, 2.75) is 52.7 Å². The Morgan fingerprint density at radius 3 is 2.36 bits per heavy atom. The lowest BCUT2D eigenvalue weighted by molar-refractivity contribution is 0.00749. The van der Waals surface area contributed by atoms with Crippen molar-refractivity contribution in [2.75, 3.05) is 25.2 Å². The fourth-order valence-corrected chi connectivity index (χ4v) is 2.59. The number of carbonyl (C=O) groups excluding carboxylic acids is 1. The van der Waals surface area contributed by atoms with Crippen LogP contribution >= 0.6 is 11.6 Å². The number of anilines is 1. The number of halogens is 1. The summed E-state index contributed by atoms with van der Waals surface area (Å²) < 4.78 is 16.2. The highest BCUT2D eigenvalue weighted by molar-refractivity contribution is 6.33. The van der Waals surface area contributed by atoms with Crippen LogP contribution in [0.4, 0.5) is 10.5 Å². The molecule has 0 radical (unpaired) electrons. The van der Waals surface area contributed by atoms with E-state index in [1.165, 1.54) is 0 Å². The molecule has 6 nitrogen and oxygen atoms in total. The Hall–Kier alpha value is -1.82. The smallest absolute Gasteiger partial charge is 0.410 e. The largest absolute Gasteiger partial charge is 0.454 e. The van der Waals surface area contributed by atoms with Crippen LogP contribution < -0.4 is 14.8 Å². The molecule has 1 amide bonds. The van der Waals surface area contributed by atoms with E-state index in [-0.39, 0.29) is 18.4 Å². The molecule has 0 fully saturated rings. The molecule has 1 heterocycles. The van der Waals surface area contributed by atoms with Crippen LogP contribution in [0.25, 0.3) is 0 Å². The quantitative estimate of drug-likeness (QED) is 0.844. The summed E-state index contributed by atoms with van der Waals surface area (Å²) in [5.41, 5.74) is -0.152. The summed E-state index contributed by atoms with van der Waals surface area (Å²) in [6, 6.07) is 3.53. The number of carbonyl (C=O) groups is 1. The topological polar surface area (TPSA) is 60.0 Å². The number of hydrogen-bond donors (Lipinski definition) is 1. The van der Waals surface area contributed by atoms with Gasteiger partial charge in [-0.15, -0.1) is 0 Å². The second-order valence-corrected chi connectivity index (χ2v) is 8.32.